The van der Waals surface area contributed by atoms with Crippen LogP contribution in [0, 0.1) is 0 Å². The van der Waals surface area contributed by atoms with E-state index < -0.39 is 10.0 Å². The molecule has 0 bridgehead atoms. The molecule has 3 N–H and O–H groups in total. The number of hydrogen-bond donors (Lipinski definition) is 2. The fraction of sp³-hybridized carbons (Fsp3) is 0.571. The maximum atomic E-state index is 12.1. The third kappa shape index (κ3) is 5.39. The van der Waals surface area contributed by atoms with Gasteiger partial charge >= 0.3 is 0 Å². The number of hydrogen-bond acceptors (Lipinski definition) is 5. The Morgan fingerprint density at radius 3 is 2.76 bits per heavy atom. The SMILES string of the molecule is CSC1CCC(NS(=O)(=O)CCSc2ccccc2N)C1. The molecule has 0 amide bonds. The van der Waals surface area contributed by atoms with E-state index in [4.69, 9.17) is 5.73 Å². The molecule has 0 radical (unpaired) electrons. The molecule has 1 fully saturated rings. The molecule has 0 saturated heterocycles. The number of nitrogens with one attached hydrogen (secondary N) is 1. The van der Waals surface area contributed by atoms with Crippen molar-refractivity contribution in [2.45, 2.75) is 35.4 Å². The highest BCUT2D eigenvalue weighted by Gasteiger charge is 2.27. The van der Waals surface area contributed by atoms with Crippen LogP contribution in [0.25, 0.3) is 0 Å². The lowest BCUT2D eigenvalue weighted by atomic mass is 10.3. The van der Waals surface area contributed by atoms with E-state index in [2.05, 4.69) is 11.0 Å². The third-order valence-corrected chi connectivity index (χ3v) is 7.47. The van der Waals surface area contributed by atoms with Gasteiger partial charge in [-0.25, -0.2) is 13.1 Å². The average Bonchev–Trinajstić information content (AvgIpc) is 2.87. The van der Waals surface area contributed by atoms with E-state index >= 15 is 0 Å². The summed E-state index contributed by atoms with van der Waals surface area (Å²) in [6, 6.07) is 7.64. The fourth-order valence-electron chi connectivity index (χ4n) is 2.45. The summed E-state index contributed by atoms with van der Waals surface area (Å²) in [6.07, 6.45) is 5.08. The number of anilines is 1. The molecular formula is C14H22N2O2S3. The molecule has 1 aliphatic rings. The summed E-state index contributed by atoms with van der Waals surface area (Å²) in [4.78, 5) is 0.941. The normalized spacial score (nSPS) is 22.5. The molecule has 1 aliphatic carbocycles. The first-order valence-electron chi connectivity index (χ1n) is 7.00. The number of rotatable bonds is 7. The van der Waals surface area contributed by atoms with Crippen LogP contribution in [0.3, 0.4) is 0 Å². The molecule has 2 unspecified atom stereocenters. The summed E-state index contributed by atoms with van der Waals surface area (Å²) in [5.74, 6) is 0.647. The molecule has 0 aliphatic heterocycles. The summed E-state index contributed by atoms with van der Waals surface area (Å²) in [5.41, 5.74) is 6.55. The number of thioether (sulfide) groups is 2. The van der Waals surface area contributed by atoms with Gasteiger partial charge in [-0.15, -0.1) is 11.8 Å². The summed E-state index contributed by atoms with van der Waals surface area (Å²) >= 11 is 3.31. The molecule has 118 valence electrons. The second-order valence-corrected chi connectivity index (χ2v) is 9.34. The van der Waals surface area contributed by atoms with Crippen molar-refractivity contribution in [3.05, 3.63) is 24.3 Å². The first-order valence-corrected chi connectivity index (χ1v) is 10.9. The van der Waals surface area contributed by atoms with Crippen LogP contribution in [0.2, 0.25) is 0 Å². The quantitative estimate of drug-likeness (QED) is 0.586. The van der Waals surface area contributed by atoms with Gasteiger partial charge in [0.05, 0.1) is 5.75 Å². The van der Waals surface area contributed by atoms with E-state index in [1.54, 1.807) is 0 Å². The Hall–Kier alpha value is -0.370. The molecule has 1 saturated carbocycles. The highest BCUT2D eigenvalue weighted by Crippen LogP contribution is 2.29. The van der Waals surface area contributed by atoms with E-state index in [0.29, 0.717) is 16.7 Å². The Balaban J connectivity index is 1.78. The van der Waals surface area contributed by atoms with E-state index in [1.807, 2.05) is 36.0 Å². The Morgan fingerprint density at radius 1 is 1.33 bits per heavy atom. The van der Waals surface area contributed by atoms with Crippen molar-refractivity contribution in [2.24, 2.45) is 0 Å². The molecule has 0 spiro atoms. The lowest BCUT2D eigenvalue weighted by Crippen LogP contribution is -2.35. The smallest absolute Gasteiger partial charge is 0.212 e. The Morgan fingerprint density at radius 2 is 2.10 bits per heavy atom. The Kier molecular flexibility index (Phi) is 6.28. The van der Waals surface area contributed by atoms with Gasteiger partial charge in [0.2, 0.25) is 10.0 Å². The van der Waals surface area contributed by atoms with Crippen molar-refractivity contribution in [1.29, 1.82) is 0 Å². The molecule has 21 heavy (non-hydrogen) atoms. The van der Waals surface area contributed by atoms with Crippen LogP contribution < -0.4 is 10.5 Å². The largest absolute Gasteiger partial charge is 0.398 e. The second kappa shape index (κ2) is 7.76. The van der Waals surface area contributed by atoms with Crippen LogP contribution in [-0.4, -0.2) is 37.5 Å². The summed E-state index contributed by atoms with van der Waals surface area (Å²) in [5, 5.41) is 0.594. The van der Waals surface area contributed by atoms with E-state index in [9.17, 15) is 8.42 Å². The standard InChI is InChI=1S/C14H22N2O2S3/c1-19-12-7-6-11(10-12)16-21(17,18)9-8-20-14-5-3-2-4-13(14)15/h2-5,11-12,16H,6-10,15H2,1H3. The molecule has 2 rings (SSSR count). The van der Waals surface area contributed by atoms with Crippen molar-refractivity contribution in [3.63, 3.8) is 0 Å². The van der Waals surface area contributed by atoms with Crippen molar-refractivity contribution < 1.29 is 8.42 Å². The zero-order chi connectivity index (χ0) is 15.3. The van der Waals surface area contributed by atoms with Crippen LogP contribution in [0.4, 0.5) is 5.69 Å². The second-order valence-electron chi connectivity index (χ2n) is 5.19. The van der Waals surface area contributed by atoms with Crippen molar-refractivity contribution in [1.82, 2.24) is 4.72 Å². The average molecular weight is 347 g/mol. The minimum atomic E-state index is -3.20. The number of para-hydroxylation sites is 1. The molecule has 0 heterocycles. The van der Waals surface area contributed by atoms with E-state index in [1.165, 1.54) is 11.8 Å². The van der Waals surface area contributed by atoms with Crippen molar-refractivity contribution >= 4 is 39.2 Å². The molecule has 0 aromatic heterocycles. The number of sulfonamides is 1. The number of nitrogens with two attached hydrogens (primary N) is 1. The van der Waals surface area contributed by atoms with Crippen molar-refractivity contribution in [3.8, 4) is 0 Å². The van der Waals surface area contributed by atoms with Gasteiger partial charge in [-0.2, -0.15) is 11.8 Å². The number of benzene rings is 1. The minimum Gasteiger partial charge on any atom is -0.398 e. The summed E-state index contributed by atoms with van der Waals surface area (Å²) < 4.78 is 27.0. The maximum Gasteiger partial charge on any atom is 0.212 e. The topological polar surface area (TPSA) is 72.2 Å². The van der Waals surface area contributed by atoms with Gasteiger partial charge in [0.15, 0.2) is 0 Å². The predicted octanol–water partition coefficient (Wildman–Crippen LogP) is 2.56. The van der Waals surface area contributed by atoms with Gasteiger partial charge in [-0.3, -0.25) is 0 Å². The Bertz CT molecular complexity index is 563. The number of nitrogen functional groups attached to an aromatic ring is 1. The predicted molar refractivity (Wildman–Crippen MR) is 93.4 cm³/mol. The molecular weight excluding hydrogens is 324 g/mol. The summed E-state index contributed by atoms with van der Waals surface area (Å²) in [6.45, 7) is 0. The van der Waals surface area contributed by atoms with Gasteiger partial charge in [0.25, 0.3) is 0 Å². The van der Waals surface area contributed by atoms with Gasteiger partial charge in [0.1, 0.15) is 0 Å². The zero-order valence-corrected chi connectivity index (χ0v) is 14.6. The highest BCUT2D eigenvalue weighted by molar-refractivity contribution is 8.00. The first-order chi connectivity index (χ1) is 10.00. The molecule has 1 aromatic carbocycles. The molecule has 2 atom stereocenters. The van der Waals surface area contributed by atoms with Gasteiger partial charge in [0, 0.05) is 27.6 Å². The van der Waals surface area contributed by atoms with Crippen LogP contribution in [0.1, 0.15) is 19.3 Å². The lowest BCUT2D eigenvalue weighted by molar-refractivity contribution is 0.554. The van der Waals surface area contributed by atoms with Crippen LogP contribution >= 0.6 is 23.5 Å². The third-order valence-electron chi connectivity index (χ3n) is 3.59. The van der Waals surface area contributed by atoms with Gasteiger partial charge in [-0.1, -0.05) is 12.1 Å². The van der Waals surface area contributed by atoms with Crippen LogP contribution in [-0.2, 0) is 10.0 Å². The van der Waals surface area contributed by atoms with Gasteiger partial charge < -0.3 is 5.73 Å². The van der Waals surface area contributed by atoms with E-state index in [0.717, 1.165) is 24.2 Å². The monoisotopic (exact) mass is 346 g/mol. The molecule has 1 aromatic rings. The Labute approximate surface area is 135 Å². The molecule has 7 heteroatoms. The maximum absolute atomic E-state index is 12.1. The lowest BCUT2D eigenvalue weighted by Gasteiger charge is -2.13. The fourth-order valence-corrected chi connectivity index (χ4v) is 5.92. The first kappa shape index (κ1) is 17.0. The van der Waals surface area contributed by atoms with Crippen molar-refractivity contribution in [2.75, 3.05) is 23.5 Å². The highest BCUT2D eigenvalue weighted by atomic mass is 32.2. The molecule has 4 nitrogen and oxygen atoms in total. The van der Waals surface area contributed by atoms with E-state index in [-0.39, 0.29) is 11.8 Å². The van der Waals surface area contributed by atoms with Crippen LogP contribution in [0.15, 0.2) is 29.2 Å². The minimum absolute atomic E-state index is 0.110. The van der Waals surface area contributed by atoms with Gasteiger partial charge in [-0.05, 0) is 37.7 Å². The summed E-state index contributed by atoms with van der Waals surface area (Å²) in [7, 11) is -3.20. The van der Waals surface area contributed by atoms with Crippen LogP contribution in [0.5, 0.6) is 0 Å². The zero-order valence-electron chi connectivity index (χ0n) is 12.1.